The third-order valence-corrected chi connectivity index (χ3v) is 4.74. The van der Waals surface area contributed by atoms with E-state index in [2.05, 4.69) is 15.3 Å². The van der Waals surface area contributed by atoms with E-state index < -0.39 is 35.9 Å². The summed E-state index contributed by atoms with van der Waals surface area (Å²) in [7, 11) is 1.20. The summed E-state index contributed by atoms with van der Waals surface area (Å²) in [6.07, 6.45) is -2.79. The van der Waals surface area contributed by atoms with Gasteiger partial charge in [0.25, 0.3) is 0 Å². The maximum atomic E-state index is 12.8. The minimum Gasteiger partial charge on any atom is -0.467 e. The minimum atomic E-state index is -1.30. The summed E-state index contributed by atoms with van der Waals surface area (Å²) in [6.45, 7) is 5.24. The molecule has 0 aliphatic heterocycles. The fraction of sp³-hybridized carbons (Fsp3) is 0.440. The number of carbonyl (C=O) groups is 2. The van der Waals surface area contributed by atoms with Crippen LogP contribution in [0.5, 0.6) is 0 Å². The number of methoxy groups -OCH3 is 1. The monoisotopic (exact) mass is 484 g/mol. The number of rotatable bonds is 12. The number of nitrogens with one attached hydrogen (secondary N) is 1. The highest BCUT2D eigenvalue weighted by Crippen LogP contribution is 2.18. The van der Waals surface area contributed by atoms with Crippen molar-refractivity contribution in [2.75, 3.05) is 13.7 Å². The van der Waals surface area contributed by atoms with Crippen molar-refractivity contribution in [2.24, 2.45) is 5.11 Å². The Bertz CT molecular complexity index is 974. The van der Waals surface area contributed by atoms with Gasteiger partial charge in [-0.2, -0.15) is 0 Å². The largest absolute Gasteiger partial charge is 0.467 e. The van der Waals surface area contributed by atoms with Crippen molar-refractivity contribution in [2.45, 2.75) is 57.8 Å². The molecule has 0 bridgehead atoms. The van der Waals surface area contributed by atoms with Crippen molar-refractivity contribution >= 4 is 12.1 Å². The van der Waals surface area contributed by atoms with E-state index in [4.69, 9.17) is 24.5 Å². The second kappa shape index (κ2) is 14.0. The molecule has 0 saturated carbocycles. The first-order chi connectivity index (χ1) is 16.7. The van der Waals surface area contributed by atoms with E-state index in [-0.39, 0.29) is 19.8 Å². The van der Waals surface area contributed by atoms with E-state index in [0.717, 1.165) is 11.1 Å². The molecule has 0 aliphatic rings. The van der Waals surface area contributed by atoms with E-state index in [1.807, 2.05) is 60.7 Å². The third-order valence-electron chi connectivity index (χ3n) is 4.74. The predicted molar refractivity (Wildman–Crippen MR) is 129 cm³/mol. The van der Waals surface area contributed by atoms with Crippen LogP contribution in [0.4, 0.5) is 4.79 Å². The molecule has 0 radical (unpaired) electrons. The lowest BCUT2D eigenvalue weighted by Gasteiger charge is -2.32. The molecule has 0 saturated heterocycles. The number of benzene rings is 2. The molecule has 0 fully saturated rings. The zero-order valence-electron chi connectivity index (χ0n) is 20.4. The van der Waals surface area contributed by atoms with Crippen molar-refractivity contribution in [3.05, 3.63) is 82.2 Å². The van der Waals surface area contributed by atoms with Gasteiger partial charge in [0.1, 0.15) is 11.7 Å². The lowest BCUT2D eigenvalue weighted by Crippen LogP contribution is -2.56. The molecule has 0 heterocycles. The van der Waals surface area contributed by atoms with E-state index in [0.29, 0.717) is 0 Å². The summed E-state index contributed by atoms with van der Waals surface area (Å²) in [5.74, 6) is -0.761. The molecular weight excluding hydrogens is 452 g/mol. The molecule has 0 aliphatic carbocycles. The number of carbonyl (C=O) groups excluding carboxylic acids is 2. The third kappa shape index (κ3) is 10.1. The molecule has 10 heteroatoms. The van der Waals surface area contributed by atoms with Crippen LogP contribution in [0.1, 0.15) is 31.9 Å². The van der Waals surface area contributed by atoms with Crippen molar-refractivity contribution < 1.29 is 28.5 Å². The molecule has 2 aromatic carbocycles. The zero-order valence-corrected chi connectivity index (χ0v) is 20.4. The molecule has 2 aromatic rings. The van der Waals surface area contributed by atoms with Crippen LogP contribution in [0.2, 0.25) is 0 Å². The van der Waals surface area contributed by atoms with E-state index in [1.54, 1.807) is 20.8 Å². The van der Waals surface area contributed by atoms with Crippen LogP contribution in [-0.4, -0.2) is 49.6 Å². The SMILES string of the molecule is COC(=O)[C@H](NC(=O)OC(C)(C)C)[C@@H](OCc1ccccc1)[C@@H](CN=[N+]=[N-])OCc1ccccc1. The highest BCUT2D eigenvalue weighted by molar-refractivity contribution is 5.82. The molecule has 0 aromatic heterocycles. The second-order valence-electron chi connectivity index (χ2n) is 8.66. The first-order valence-corrected chi connectivity index (χ1v) is 11.1. The lowest BCUT2D eigenvalue weighted by atomic mass is 10.0. The smallest absolute Gasteiger partial charge is 0.408 e. The summed E-state index contributed by atoms with van der Waals surface area (Å²) in [4.78, 5) is 28.2. The molecule has 1 amide bonds. The van der Waals surface area contributed by atoms with Crippen LogP contribution in [0.25, 0.3) is 10.4 Å². The number of alkyl carbamates (subject to hydrolysis) is 1. The maximum Gasteiger partial charge on any atom is 0.408 e. The van der Waals surface area contributed by atoms with Crippen LogP contribution in [0.3, 0.4) is 0 Å². The Morgan fingerprint density at radius 2 is 1.51 bits per heavy atom. The Labute approximate surface area is 205 Å². The highest BCUT2D eigenvalue weighted by Gasteiger charge is 2.39. The van der Waals surface area contributed by atoms with Gasteiger partial charge in [0.05, 0.1) is 33.0 Å². The van der Waals surface area contributed by atoms with Gasteiger partial charge in [-0.3, -0.25) is 0 Å². The fourth-order valence-electron chi connectivity index (χ4n) is 3.17. The Kier molecular flexibility index (Phi) is 11.0. The van der Waals surface area contributed by atoms with E-state index >= 15 is 0 Å². The number of amides is 1. The van der Waals surface area contributed by atoms with Gasteiger partial charge in [0.15, 0.2) is 6.04 Å². The average molecular weight is 485 g/mol. The Hall–Kier alpha value is -3.59. The molecule has 2 rings (SSSR count). The molecule has 0 unspecified atom stereocenters. The van der Waals surface area contributed by atoms with Crippen molar-refractivity contribution in [1.82, 2.24) is 5.32 Å². The van der Waals surface area contributed by atoms with Crippen LogP contribution in [0.15, 0.2) is 65.8 Å². The first kappa shape index (κ1) is 27.7. The molecule has 35 heavy (non-hydrogen) atoms. The van der Waals surface area contributed by atoms with E-state index in [1.165, 1.54) is 7.11 Å². The van der Waals surface area contributed by atoms with Gasteiger partial charge in [-0.05, 0) is 37.4 Å². The molecular formula is C25H32N4O6. The standard InChI is InChI=1S/C25H32N4O6/c1-25(2,3)35-24(31)28-21(23(30)32-4)22(34-17-19-13-9-6-10-14-19)20(15-27-29-26)33-16-18-11-7-5-8-12-18/h5-14,20-22H,15-17H2,1-4H3,(H,28,31)/t20-,21-,22+/m1/s1. The van der Waals surface area contributed by atoms with Crippen molar-refractivity contribution in [3.63, 3.8) is 0 Å². The van der Waals surface area contributed by atoms with Crippen LogP contribution >= 0.6 is 0 Å². The minimum absolute atomic E-state index is 0.108. The van der Waals surface area contributed by atoms with Gasteiger partial charge in [0.2, 0.25) is 0 Å². The lowest BCUT2D eigenvalue weighted by molar-refractivity contribution is -0.155. The molecule has 10 nitrogen and oxygen atoms in total. The van der Waals surface area contributed by atoms with E-state index in [9.17, 15) is 9.59 Å². The van der Waals surface area contributed by atoms with Gasteiger partial charge in [0, 0.05) is 4.91 Å². The zero-order chi connectivity index (χ0) is 25.7. The van der Waals surface area contributed by atoms with Crippen LogP contribution in [0, 0.1) is 0 Å². The summed E-state index contributed by atoms with van der Waals surface area (Å²) in [6, 6.07) is 17.4. The molecule has 188 valence electrons. The number of nitrogens with zero attached hydrogens (tertiary/aromatic N) is 3. The molecule has 1 N–H and O–H groups in total. The van der Waals surface area contributed by atoms with Crippen LogP contribution in [-0.2, 0) is 37.0 Å². The first-order valence-electron chi connectivity index (χ1n) is 11.1. The number of hydrogen-bond acceptors (Lipinski definition) is 7. The normalized spacial score (nSPS) is 13.6. The second-order valence-corrected chi connectivity index (χ2v) is 8.66. The van der Waals surface area contributed by atoms with Gasteiger partial charge in [-0.1, -0.05) is 65.8 Å². The molecule has 0 spiro atoms. The summed E-state index contributed by atoms with van der Waals surface area (Å²) < 4.78 is 22.4. The van der Waals surface area contributed by atoms with Gasteiger partial charge >= 0.3 is 12.1 Å². The van der Waals surface area contributed by atoms with Gasteiger partial charge < -0.3 is 24.3 Å². The Morgan fingerprint density at radius 3 is 2.00 bits per heavy atom. The summed E-state index contributed by atoms with van der Waals surface area (Å²) >= 11 is 0. The Morgan fingerprint density at radius 1 is 0.971 bits per heavy atom. The number of azide groups is 1. The maximum absolute atomic E-state index is 12.8. The average Bonchev–Trinajstić information content (AvgIpc) is 2.84. The highest BCUT2D eigenvalue weighted by atomic mass is 16.6. The van der Waals surface area contributed by atoms with Crippen molar-refractivity contribution in [3.8, 4) is 0 Å². The van der Waals surface area contributed by atoms with Crippen LogP contribution < -0.4 is 5.32 Å². The van der Waals surface area contributed by atoms with Gasteiger partial charge in [-0.25, -0.2) is 9.59 Å². The predicted octanol–water partition coefficient (Wildman–Crippen LogP) is 4.53. The Balaban J connectivity index is 2.36. The fourth-order valence-corrected chi connectivity index (χ4v) is 3.17. The topological polar surface area (TPSA) is 132 Å². The van der Waals surface area contributed by atoms with Crippen molar-refractivity contribution in [1.29, 1.82) is 0 Å². The number of esters is 1. The number of ether oxygens (including phenoxy) is 4. The number of hydrogen-bond donors (Lipinski definition) is 1. The molecule has 3 atom stereocenters. The summed E-state index contributed by atoms with van der Waals surface area (Å²) in [5.41, 5.74) is 9.85. The summed E-state index contributed by atoms with van der Waals surface area (Å²) in [5, 5.41) is 6.19. The van der Waals surface area contributed by atoms with Gasteiger partial charge in [-0.15, -0.1) is 0 Å². The quantitative estimate of drug-likeness (QED) is 0.204.